The van der Waals surface area contributed by atoms with Crippen molar-refractivity contribution in [1.82, 2.24) is 0 Å². The van der Waals surface area contributed by atoms with Crippen molar-refractivity contribution in [3.63, 3.8) is 0 Å². The molecular weight excluding hydrogens is 413 g/mol. The lowest BCUT2D eigenvalue weighted by Crippen LogP contribution is -2.19. The number of esters is 1. The van der Waals surface area contributed by atoms with E-state index in [-0.39, 0.29) is 21.1 Å². The Bertz CT molecular complexity index is 1110. The Labute approximate surface area is 165 Å². The summed E-state index contributed by atoms with van der Waals surface area (Å²) in [5, 5.41) is -0.407. The van der Waals surface area contributed by atoms with Gasteiger partial charge in [-0.05, 0) is 30.0 Å². The number of hydrogen-bond donors (Lipinski definition) is 0. The maximum atomic E-state index is 14.0. The Morgan fingerprint density at radius 3 is 2.43 bits per heavy atom. The van der Waals surface area contributed by atoms with Crippen molar-refractivity contribution in [2.75, 3.05) is 13.4 Å². The van der Waals surface area contributed by atoms with Crippen molar-refractivity contribution in [2.24, 2.45) is 0 Å². The van der Waals surface area contributed by atoms with Gasteiger partial charge < -0.3 is 9.47 Å². The van der Waals surface area contributed by atoms with E-state index < -0.39 is 34.2 Å². The molecule has 0 aliphatic rings. The standard InChI is InChI=1S/C19H13F3O4S2/c1-25-10-5-3-9(4-6-10)8-26-18(24)13-16(23)11-7-12(20)14(21)15(22)17(11)28-19(13)27-2/h3-7H,8H2,1-2H3. The monoisotopic (exact) mass is 426 g/mol. The highest BCUT2D eigenvalue weighted by atomic mass is 32.2. The number of carbonyl (C=O) groups is 1. The second-order valence-electron chi connectivity index (χ2n) is 5.59. The third-order valence-electron chi connectivity index (χ3n) is 3.91. The summed E-state index contributed by atoms with van der Waals surface area (Å²) in [6.07, 6.45) is 1.58. The summed E-state index contributed by atoms with van der Waals surface area (Å²) >= 11 is 1.71. The van der Waals surface area contributed by atoms with Gasteiger partial charge in [-0.2, -0.15) is 0 Å². The molecule has 3 aromatic rings. The summed E-state index contributed by atoms with van der Waals surface area (Å²) in [5.74, 6) is -4.90. The summed E-state index contributed by atoms with van der Waals surface area (Å²) in [7, 11) is 1.52. The number of rotatable bonds is 5. The number of benzene rings is 2. The van der Waals surface area contributed by atoms with Gasteiger partial charge in [-0.15, -0.1) is 23.1 Å². The first-order chi connectivity index (χ1) is 13.4. The maximum absolute atomic E-state index is 14.0. The van der Waals surface area contributed by atoms with Gasteiger partial charge in [0, 0.05) is 5.39 Å². The van der Waals surface area contributed by atoms with Crippen molar-refractivity contribution in [2.45, 2.75) is 10.8 Å². The maximum Gasteiger partial charge on any atom is 0.344 e. The molecule has 146 valence electrons. The van der Waals surface area contributed by atoms with Crippen LogP contribution in [0.2, 0.25) is 0 Å². The Morgan fingerprint density at radius 1 is 1.14 bits per heavy atom. The minimum absolute atomic E-state index is 0.106. The van der Waals surface area contributed by atoms with Gasteiger partial charge in [-0.25, -0.2) is 18.0 Å². The van der Waals surface area contributed by atoms with Crippen molar-refractivity contribution in [3.8, 4) is 5.75 Å². The van der Waals surface area contributed by atoms with Gasteiger partial charge in [0.15, 0.2) is 17.5 Å². The average molecular weight is 426 g/mol. The molecule has 0 atom stereocenters. The molecule has 0 aliphatic heterocycles. The second kappa shape index (κ2) is 8.24. The SMILES string of the molecule is COc1ccc(COC(=O)c2c(SC)sc3c(F)c(F)c(F)cc3c2=O)cc1. The Balaban J connectivity index is 1.98. The van der Waals surface area contributed by atoms with Gasteiger partial charge in [0.2, 0.25) is 5.43 Å². The van der Waals surface area contributed by atoms with Crippen molar-refractivity contribution < 1.29 is 27.4 Å². The van der Waals surface area contributed by atoms with Gasteiger partial charge in [-0.1, -0.05) is 12.1 Å². The lowest BCUT2D eigenvalue weighted by Gasteiger charge is -2.10. The van der Waals surface area contributed by atoms with Crippen LogP contribution in [0.25, 0.3) is 10.1 Å². The zero-order valence-corrected chi connectivity index (χ0v) is 16.3. The molecule has 0 spiro atoms. The highest BCUT2D eigenvalue weighted by Gasteiger charge is 2.24. The van der Waals surface area contributed by atoms with Gasteiger partial charge in [0.05, 0.1) is 16.0 Å². The topological polar surface area (TPSA) is 52.6 Å². The number of fused-ring (bicyclic) bond motifs is 1. The molecule has 0 unspecified atom stereocenters. The van der Waals surface area contributed by atoms with Crippen molar-refractivity contribution in [3.05, 3.63) is 69.1 Å². The molecule has 0 saturated heterocycles. The zero-order chi connectivity index (χ0) is 20.4. The molecule has 9 heteroatoms. The van der Waals surface area contributed by atoms with Gasteiger partial charge >= 0.3 is 5.97 Å². The van der Waals surface area contributed by atoms with E-state index in [4.69, 9.17) is 9.47 Å². The lowest BCUT2D eigenvalue weighted by molar-refractivity contribution is 0.0468. The summed E-state index contributed by atoms with van der Waals surface area (Å²) in [5.41, 5.74) is -0.574. The van der Waals surface area contributed by atoms with Crippen LogP contribution in [-0.2, 0) is 11.3 Å². The zero-order valence-electron chi connectivity index (χ0n) is 14.7. The fourth-order valence-corrected chi connectivity index (χ4v) is 4.35. The molecule has 0 radical (unpaired) electrons. The largest absolute Gasteiger partial charge is 0.497 e. The number of ether oxygens (including phenoxy) is 2. The summed E-state index contributed by atoms with van der Waals surface area (Å²) in [4.78, 5) is 25.2. The van der Waals surface area contributed by atoms with Gasteiger partial charge in [-0.3, -0.25) is 4.79 Å². The first-order valence-electron chi connectivity index (χ1n) is 7.85. The smallest absolute Gasteiger partial charge is 0.344 e. The molecule has 0 fully saturated rings. The molecule has 4 nitrogen and oxygen atoms in total. The summed E-state index contributed by atoms with van der Waals surface area (Å²) < 4.78 is 51.1. The van der Waals surface area contributed by atoms with Gasteiger partial charge in [0.1, 0.15) is 17.9 Å². The fourth-order valence-electron chi connectivity index (χ4n) is 2.48. The highest BCUT2D eigenvalue weighted by molar-refractivity contribution is 8.00. The number of methoxy groups -OCH3 is 1. The first-order valence-corrected chi connectivity index (χ1v) is 9.89. The van der Waals surface area contributed by atoms with E-state index in [1.165, 1.54) is 7.11 Å². The van der Waals surface area contributed by atoms with Crippen LogP contribution in [0.15, 0.2) is 39.3 Å². The van der Waals surface area contributed by atoms with Crippen LogP contribution < -0.4 is 10.2 Å². The molecule has 0 N–H and O–H groups in total. The molecule has 0 saturated carbocycles. The minimum Gasteiger partial charge on any atom is -0.497 e. The Morgan fingerprint density at radius 2 is 1.82 bits per heavy atom. The van der Waals surface area contributed by atoms with E-state index >= 15 is 0 Å². The lowest BCUT2D eigenvalue weighted by atomic mass is 10.2. The van der Waals surface area contributed by atoms with E-state index in [0.717, 1.165) is 11.8 Å². The molecule has 1 aromatic heterocycles. The molecule has 28 heavy (non-hydrogen) atoms. The molecule has 2 aromatic carbocycles. The molecule has 0 bridgehead atoms. The van der Waals surface area contributed by atoms with Crippen LogP contribution in [-0.4, -0.2) is 19.3 Å². The molecule has 1 heterocycles. The van der Waals surface area contributed by atoms with Crippen LogP contribution >= 0.6 is 23.1 Å². The van der Waals surface area contributed by atoms with Crippen LogP contribution in [0.4, 0.5) is 13.2 Å². The van der Waals surface area contributed by atoms with Gasteiger partial charge in [0.25, 0.3) is 0 Å². The summed E-state index contributed by atoms with van der Waals surface area (Å²) in [6.45, 7) is -0.106. The predicted octanol–water partition coefficient (Wildman–Crippen LogP) is 4.77. The van der Waals surface area contributed by atoms with E-state index in [9.17, 15) is 22.8 Å². The minimum atomic E-state index is -1.66. The van der Waals surface area contributed by atoms with Crippen molar-refractivity contribution in [1.29, 1.82) is 0 Å². The number of thioether (sulfide) groups is 1. The molecule has 0 amide bonds. The van der Waals surface area contributed by atoms with E-state index in [2.05, 4.69) is 0 Å². The van der Waals surface area contributed by atoms with Crippen LogP contribution in [0.5, 0.6) is 5.75 Å². The predicted molar refractivity (Wildman–Crippen MR) is 102 cm³/mol. The number of carbonyl (C=O) groups excluding carboxylic acids is 1. The molecular formula is C19H13F3O4S2. The van der Waals surface area contributed by atoms with Crippen LogP contribution in [0, 0.1) is 17.5 Å². The van der Waals surface area contributed by atoms with Crippen LogP contribution in [0.1, 0.15) is 15.9 Å². The average Bonchev–Trinajstić information content (AvgIpc) is 2.71. The number of hydrogen-bond acceptors (Lipinski definition) is 6. The third-order valence-corrected chi connectivity index (χ3v) is 6.22. The Hall–Kier alpha value is -2.52. The second-order valence-corrected chi connectivity index (χ2v) is 7.68. The quantitative estimate of drug-likeness (QED) is 0.334. The van der Waals surface area contributed by atoms with E-state index in [1.807, 2.05) is 0 Å². The fraction of sp³-hybridized carbons (Fsp3) is 0.158. The third kappa shape index (κ3) is 3.72. The molecule has 0 aliphatic carbocycles. The van der Waals surface area contributed by atoms with E-state index in [1.54, 1.807) is 30.5 Å². The summed E-state index contributed by atoms with van der Waals surface area (Å²) in [6, 6.07) is 7.35. The van der Waals surface area contributed by atoms with Crippen molar-refractivity contribution >= 4 is 39.2 Å². The van der Waals surface area contributed by atoms with Crippen LogP contribution in [0.3, 0.4) is 0 Å². The first kappa shape index (κ1) is 20.2. The normalized spacial score (nSPS) is 10.9. The number of halogens is 3. The highest BCUT2D eigenvalue weighted by Crippen LogP contribution is 2.33. The molecule has 3 rings (SSSR count). The van der Waals surface area contributed by atoms with E-state index in [0.29, 0.717) is 28.7 Å². The Kier molecular flexibility index (Phi) is 5.95.